The van der Waals surface area contributed by atoms with Gasteiger partial charge >= 0.3 is 0 Å². The average Bonchev–Trinajstić information content (AvgIpc) is 2.26. The molecule has 4 nitrogen and oxygen atoms in total. The Balaban J connectivity index is 3.38. The molecule has 0 heterocycles. The third-order valence-electron chi connectivity index (χ3n) is 1.84. The molecule has 1 aromatic rings. The molecule has 0 atom stereocenters. The smallest absolute Gasteiger partial charge is 0.182 e. The van der Waals surface area contributed by atoms with Crippen molar-refractivity contribution in [3.8, 4) is 23.3 Å². The van der Waals surface area contributed by atoms with E-state index in [1.807, 2.05) is 6.07 Å². The summed E-state index contributed by atoms with van der Waals surface area (Å²) in [5, 5.41) is 8.92. The molecule has 0 saturated heterocycles. The van der Waals surface area contributed by atoms with Crippen LogP contribution in [0.4, 0.5) is 0 Å². The maximum Gasteiger partial charge on any atom is 0.182 e. The van der Waals surface area contributed by atoms with Gasteiger partial charge in [0.15, 0.2) is 11.5 Å². The fourth-order valence-corrected chi connectivity index (χ4v) is 1.18. The van der Waals surface area contributed by atoms with Crippen LogP contribution in [-0.2, 0) is 0 Å². The molecule has 1 rings (SSSR count). The first-order valence-electron chi connectivity index (χ1n) is 3.97. The molecule has 0 saturated carbocycles. The Morgan fingerprint density at radius 2 is 1.57 bits per heavy atom. The fraction of sp³-hybridized carbons (Fsp3) is 0.300. The van der Waals surface area contributed by atoms with E-state index in [2.05, 4.69) is 0 Å². The topological polar surface area (TPSA) is 51.5 Å². The molecule has 0 aliphatic carbocycles. The van der Waals surface area contributed by atoms with Gasteiger partial charge in [-0.05, 0) is 12.1 Å². The number of nitriles is 1. The molecule has 4 heteroatoms. The zero-order valence-electron chi connectivity index (χ0n) is 8.33. The van der Waals surface area contributed by atoms with E-state index in [0.717, 1.165) is 0 Å². The highest BCUT2D eigenvalue weighted by molar-refractivity contribution is 5.59. The predicted molar refractivity (Wildman–Crippen MR) is 50.8 cm³/mol. The van der Waals surface area contributed by atoms with Crippen molar-refractivity contribution in [1.29, 1.82) is 5.26 Å². The second-order valence-corrected chi connectivity index (χ2v) is 2.49. The molecule has 0 aromatic heterocycles. The van der Waals surface area contributed by atoms with Crippen LogP contribution in [0.25, 0.3) is 0 Å². The average molecular weight is 193 g/mol. The summed E-state index contributed by atoms with van der Waals surface area (Å²) < 4.78 is 15.1. The van der Waals surface area contributed by atoms with Gasteiger partial charge in [-0.3, -0.25) is 0 Å². The zero-order valence-corrected chi connectivity index (χ0v) is 8.33. The standard InChI is InChI=1S/C10H11NO3/c1-12-8-4-5-9(13-2)10(14-3)7(8)6-11/h4-5H,1-3H3. The second-order valence-electron chi connectivity index (χ2n) is 2.49. The molecule has 0 radical (unpaired) electrons. The van der Waals surface area contributed by atoms with Crippen molar-refractivity contribution in [2.45, 2.75) is 0 Å². The lowest BCUT2D eigenvalue weighted by Crippen LogP contribution is -1.96. The summed E-state index contributed by atoms with van der Waals surface area (Å²) in [6.07, 6.45) is 0. The van der Waals surface area contributed by atoms with Crippen LogP contribution in [-0.4, -0.2) is 21.3 Å². The molecule has 0 fully saturated rings. The van der Waals surface area contributed by atoms with Gasteiger partial charge in [-0.2, -0.15) is 5.26 Å². The minimum Gasteiger partial charge on any atom is -0.495 e. The molecule has 1 aromatic carbocycles. The number of benzene rings is 1. The highest BCUT2D eigenvalue weighted by Gasteiger charge is 2.14. The van der Waals surface area contributed by atoms with Crippen molar-refractivity contribution >= 4 is 0 Å². The van der Waals surface area contributed by atoms with Gasteiger partial charge in [0.25, 0.3) is 0 Å². The summed E-state index contributed by atoms with van der Waals surface area (Å²) in [4.78, 5) is 0. The van der Waals surface area contributed by atoms with Crippen LogP contribution in [0, 0.1) is 11.3 Å². The van der Waals surface area contributed by atoms with Crippen LogP contribution in [0.15, 0.2) is 12.1 Å². The van der Waals surface area contributed by atoms with Crippen LogP contribution >= 0.6 is 0 Å². The summed E-state index contributed by atoms with van der Waals surface area (Å²) in [5.74, 6) is 1.39. The van der Waals surface area contributed by atoms with E-state index in [1.165, 1.54) is 21.3 Å². The molecule has 0 aliphatic rings. The molecular formula is C10H11NO3. The van der Waals surface area contributed by atoms with Crippen molar-refractivity contribution < 1.29 is 14.2 Å². The Kier molecular flexibility index (Phi) is 3.19. The quantitative estimate of drug-likeness (QED) is 0.731. The van der Waals surface area contributed by atoms with E-state index in [0.29, 0.717) is 22.8 Å². The van der Waals surface area contributed by atoms with Crippen molar-refractivity contribution in [3.63, 3.8) is 0 Å². The van der Waals surface area contributed by atoms with Crippen molar-refractivity contribution in [1.82, 2.24) is 0 Å². The molecule has 0 aliphatic heterocycles. The highest BCUT2D eigenvalue weighted by atomic mass is 16.5. The van der Waals surface area contributed by atoms with Crippen LogP contribution < -0.4 is 14.2 Å². The van der Waals surface area contributed by atoms with Crippen LogP contribution in [0.2, 0.25) is 0 Å². The lowest BCUT2D eigenvalue weighted by atomic mass is 10.2. The van der Waals surface area contributed by atoms with E-state index in [-0.39, 0.29) is 0 Å². The molecule has 0 amide bonds. The van der Waals surface area contributed by atoms with Gasteiger partial charge in [0.2, 0.25) is 0 Å². The van der Waals surface area contributed by atoms with Gasteiger partial charge in [0, 0.05) is 0 Å². The molecule has 74 valence electrons. The highest BCUT2D eigenvalue weighted by Crippen LogP contribution is 2.36. The largest absolute Gasteiger partial charge is 0.495 e. The van der Waals surface area contributed by atoms with Gasteiger partial charge in [-0.1, -0.05) is 0 Å². The first-order chi connectivity index (χ1) is 6.78. The molecule has 0 N–H and O–H groups in total. The normalized spacial score (nSPS) is 9.00. The summed E-state index contributed by atoms with van der Waals surface area (Å²) in [5.41, 5.74) is 0.342. The number of hydrogen-bond acceptors (Lipinski definition) is 4. The van der Waals surface area contributed by atoms with E-state index >= 15 is 0 Å². The number of hydrogen-bond donors (Lipinski definition) is 0. The van der Waals surface area contributed by atoms with E-state index in [1.54, 1.807) is 12.1 Å². The Hall–Kier alpha value is -1.89. The number of methoxy groups -OCH3 is 3. The summed E-state index contributed by atoms with van der Waals surface area (Å²) in [6, 6.07) is 5.37. The van der Waals surface area contributed by atoms with Crippen molar-refractivity contribution in [2.75, 3.05) is 21.3 Å². The van der Waals surface area contributed by atoms with Gasteiger partial charge in [-0.25, -0.2) is 0 Å². The first kappa shape index (κ1) is 10.2. The van der Waals surface area contributed by atoms with Crippen LogP contribution in [0.3, 0.4) is 0 Å². The zero-order chi connectivity index (χ0) is 10.6. The van der Waals surface area contributed by atoms with Crippen molar-refractivity contribution in [3.05, 3.63) is 17.7 Å². The Morgan fingerprint density at radius 1 is 1.00 bits per heavy atom. The Bertz CT molecular complexity index is 368. The van der Waals surface area contributed by atoms with E-state index in [9.17, 15) is 0 Å². The lowest BCUT2D eigenvalue weighted by molar-refractivity contribution is 0.347. The monoisotopic (exact) mass is 193 g/mol. The minimum absolute atomic E-state index is 0.342. The summed E-state index contributed by atoms with van der Waals surface area (Å²) in [6.45, 7) is 0. The number of nitrogens with zero attached hydrogens (tertiary/aromatic N) is 1. The lowest BCUT2D eigenvalue weighted by Gasteiger charge is -2.11. The first-order valence-corrected chi connectivity index (χ1v) is 3.97. The fourth-order valence-electron chi connectivity index (χ4n) is 1.18. The second kappa shape index (κ2) is 4.38. The predicted octanol–water partition coefficient (Wildman–Crippen LogP) is 1.58. The van der Waals surface area contributed by atoms with E-state index in [4.69, 9.17) is 19.5 Å². The maximum atomic E-state index is 8.92. The van der Waals surface area contributed by atoms with Gasteiger partial charge in [0.05, 0.1) is 21.3 Å². The van der Waals surface area contributed by atoms with Gasteiger partial charge in [-0.15, -0.1) is 0 Å². The molecule has 0 bridgehead atoms. The van der Waals surface area contributed by atoms with Gasteiger partial charge in [0.1, 0.15) is 17.4 Å². The Labute approximate surface area is 82.6 Å². The van der Waals surface area contributed by atoms with Gasteiger partial charge < -0.3 is 14.2 Å². The molecule has 14 heavy (non-hydrogen) atoms. The Morgan fingerprint density at radius 3 is 2.00 bits per heavy atom. The maximum absolute atomic E-state index is 8.92. The SMILES string of the molecule is COc1ccc(OC)c(OC)c1C#N. The van der Waals surface area contributed by atoms with Crippen molar-refractivity contribution in [2.24, 2.45) is 0 Å². The molecule has 0 unspecified atom stereocenters. The third kappa shape index (κ3) is 1.57. The number of ether oxygens (including phenoxy) is 3. The van der Waals surface area contributed by atoms with E-state index < -0.39 is 0 Å². The summed E-state index contributed by atoms with van der Waals surface area (Å²) in [7, 11) is 4.51. The molecule has 0 spiro atoms. The third-order valence-corrected chi connectivity index (χ3v) is 1.84. The van der Waals surface area contributed by atoms with Crippen LogP contribution in [0.5, 0.6) is 17.2 Å². The number of rotatable bonds is 3. The summed E-state index contributed by atoms with van der Waals surface area (Å²) >= 11 is 0. The molecular weight excluding hydrogens is 182 g/mol. The van der Waals surface area contributed by atoms with Crippen LogP contribution in [0.1, 0.15) is 5.56 Å². The minimum atomic E-state index is 0.342.